The number of amides is 2. The number of carbonyl (C=O) groups excluding carboxylic acids is 2. The van der Waals surface area contributed by atoms with Crippen molar-refractivity contribution in [3.05, 3.63) is 57.6 Å². The molecule has 0 aliphatic rings. The molecule has 0 aliphatic carbocycles. The highest BCUT2D eigenvalue weighted by molar-refractivity contribution is 9.10. The SMILES string of the molecule is CCN(Cc1ccccc1NC(=O)CSc1cc(C)c(Br)cc1C)C(C)=O. The number of para-hydroxylation sites is 1. The van der Waals surface area contributed by atoms with E-state index in [2.05, 4.69) is 33.4 Å². The Labute approximate surface area is 173 Å². The van der Waals surface area contributed by atoms with Crippen molar-refractivity contribution in [2.45, 2.75) is 39.1 Å². The van der Waals surface area contributed by atoms with Crippen LogP contribution in [0.3, 0.4) is 0 Å². The summed E-state index contributed by atoms with van der Waals surface area (Å²) in [5.41, 5.74) is 3.98. The summed E-state index contributed by atoms with van der Waals surface area (Å²) < 4.78 is 1.08. The van der Waals surface area contributed by atoms with E-state index in [0.29, 0.717) is 18.8 Å². The first-order valence-electron chi connectivity index (χ1n) is 8.84. The summed E-state index contributed by atoms with van der Waals surface area (Å²) in [6.07, 6.45) is 0. The van der Waals surface area contributed by atoms with Gasteiger partial charge in [-0.3, -0.25) is 9.59 Å². The lowest BCUT2D eigenvalue weighted by Crippen LogP contribution is -2.28. The molecular formula is C21H25BrN2O2S. The highest BCUT2D eigenvalue weighted by Gasteiger charge is 2.12. The normalized spacial score (nSPS) is 10.6. The zero-order valence-electron chi connectivity index (χ0n) is 16.1. The Morgan fingerprint density at radius 1 is 1.15 bits per heavy atom. The molecule has 0 bridgehead atoms. The fourth-order valence-electron chi connectivity index (χ4n) is 2.67. The van der Waals surface area contributed by atoms with Gasteiger partial charge in [-0.15, -0.1) is 11.8 Å². The van der Waals surface area contributed by atoms with Gasteiger partial charge in [-0.1, -0.05) is 34.1 Å². The fraction of sp³-hybridized carbons (Fsp3) is 0.333. The van der Waals surface area contributed by atoms with Gasteiger partial charge in [0.25, 0.3) is 0 Å². The minimum atomic E-state index is -0.0571. The molecule has 0 fully saturated rings. The Hall–Kier alpha value is -1.79. The van der Waals surface area contributed by atoms with Crippen molar-refractivity contribution in [2.24, 2.45) is 0 Å². The molecule has 0 saturated heterocycles. The van der Waals surface area contributed by atoms with Gasteiger partial charge in [-0.25, -0.2) is 0 Å². The average molecular weight is 449 g/mol. The average Bonchev–Trinajstić information content (AvgIpc) is 2.62. The molecule has 0 aromatic heterocycles. The van der Waals surface area contributed by atoms with Gasteiger partial charge < -0.3 is 10.2 Å². The molecule has 0 aliphatic heterocycles. The molecule has 0 heterocycles. The lowest BCUT2D eigenvalue weighted by molar-refractivity contribution is -0.129. The molecule has 4 nitrogen and oxygen atoms in total. The number of rotatable bonds is 7. The Balaban J connectivity index is 2.04. The fourth-order valence-corrected chi connectivity index (χ4v) is 4.03. The van der Waals surface area contributed by atoms with Crippen LogP contribution in [0.1, 0.15) is 30.5 Å². The van der Waals surface area contributed by atoms with Crippen LogP contribution in [0.25, 0.3) is 0 Å². The van der Waals surface area contributed by atoms with E-state index in [1.54, 1.807) is 11.8 Å². The third-order valence-corrected chi connectivity index (χ3v) is 6.31. The smallest absolute Gasteiger partial charge is 0.234 e. The van der Waals surface area contributed by atoms with Crippen molar-refractivity contribution >= 4 is 45.2 Å². The third kappa shape index (κ3) is 6.11. The highest BCUT2D eigenvalue weighted by atomic mass is 79.9. The van der Waals surface area contributed by atoms with E-state index in [0.717, 1.165) is 31.7 Å². The largest absolute Gasteiger partial charge is 0.339 e. The molecule has 0 atom stereocenters. The highest BCUT2D eigenvalue weighted by Crippen LogP contribution is 2.28. The maximum Gasteiger partial charge on any atom is 0.234 e. The van der Waals surface area contributed by atoms with E-state index in [1.807, 2.05) is 45.0 Å². The van der Waals surface area contributed by atoms with Crippen LogP contribution < -0.4 is 5.32 Å². The number of anilines is 1. The van der Waals surface area contributed by atoms with Crippen LogP contribution in [-0.2, 0) is 16.1 Å². The van der Waals surface area contributed by atoms with E-state index in [4.69, 9.17) is 0 Å². The van der Waals surface area contributed by atoms with Gasteiger partial charge in [-0.05, 0) is 55.7 Å². The zero-order chi connectivity index (χ0) is 20.0. The molecule has 0 spiro atoms. The summed E-state index contributed by atoms with van der Waals surface area (Å²) >= 11 is 5.06. The van der Waals surface area contributed by atoms with Crippen LogP contribution in [0.15, 0.2) is 45.8 Å². The summed E-state index contributed by atoms with van der Waals surface area (Å²) in [6.45, 7) is 8.71. The molecule has 2 aromatic carbocycles. The molecule has 1 N–H and O–H groups in total. The second-order valence-electron chi connectivity index (χ2n) is 6.39. The Bertz CT molecular complexity index is 839. The van der Waals surface area contributed by atoms with Gasteiger partial charge in [0, 0.05) is 35.1 Å². The van der Waals surface area contributed by atoms with Crippen LogP contribution >= 0.6 is 27.7 Å². The Kier molecular flexibility index (Phi) is 7.92. The van der Waals surface area contributed by atoms with Crippen molar-refractivity contribution in [3.63, 3.8) is 0 Å². The van der Waals surface area contributed by atoms with Gasteiger partial charge in [0.1, 0.15) is 0 Å². The number of hydrogen-bond acceptors (Lipinski definition) is 3. The maximum absolute atomic E-state index is 12.5. The number of nitrogens with zero attached hydrogens (tertiary/aromatic N) is 1. The molecule has 2 aromatic rings. The topological polar surface area (TPSA) is 49.4 Å². The number of halogens is 1. The lowest BCUT2D eigenvalue weighted by atomic mass is 10.1. The molecule has 2 amide bonds. The Morgan fingerprint density at radius 3 is 2.52 bits per heavy atom. The summed E-state index contributed by atoms with van der Waals surface area (Å²) in [6, 6.07) is 11.8. The predicted octanol–water partition coefficient (Wildman–Crippen LogP) is 5.17. The van der Waals surface area contributed by atoms with E-state index in [9.17, 15) is 9.59 Å². The van der Waals surface area contributed by atoms with E-state index in [1.165, 1.54) is 11.8 Å². The molecule has 144 valence electrons. The Morgan fingerprint density at radius 2 is 1.85 bits per heavy atom. The predicted molar refractivity (Wildman–Crippen MR) is 116 cm³/mol. The second kappa shape index (κ2) is 9.95. The number of nitrogens with one attached hydrogen (secondary N) is 1. The first-order chi connectivity index (χ1) is 12.8. The minimum Gasteiger partial charge on any atom is -0.339 e. The van der Waals surface area contributed by atoms with Crippen LogP contribution in [0.4, 0.5) is 5.69 Å². The zero-order valence-corrected chi connectivity index (χ0v) is 18.5. The van der Waals surface area contributed by atoms with Crippen molar-refractivity contribution in [1.29, 1.82) is 0 Å². The summed E-state index contributed by atoms with van der Waals surface area (Å²) in [5, 5.41) is 2.99. The van der Waals surface area contributed by atoms with Gasteiger partial charge in [0.2, 0.25) is 11.8 Å². The van der Waals surface area contributed by atoms with Crippen molar-refractivity contribution in [2.75, 3.05) is 17.6 Å². The number of benzene rings is 2. The summed E-state index contributed by atoms with van der Waals surface area (Å²) in [7, 11) is 0. The first kappa shape index (κ1) is 21.5. The van der Waals surface area contributed by atoms with Crippen LogP contribution in [0, 0.1) is 13.8 Å². The van der Waals surface area contributed by atoms with Crippen LogP contribution in [0.2, 0.25) is 0 Å². The third-order valence-electron chi connectivity index (χ3n) is 4.29. The number of aryl methyl sites for hydroxylation is 2. The lowest BCUT2D eigenvalue weighted by Gasteiger charge is -2.21. The maximum atomic E-state index is 12.5. The van der Waals surface area contributed by atoms with Crippen molar-refractivity contribution in [3.8, 4) is 0 Å². The van der Waals surface area contributed by atoms with Crippen LogP contribution in [0.5, 0.6) is 0 Å². The van der Waals surface area contributed by atoms with E-state index < -0.39 is 0 Å². The van der Waals surface area contributed by atoms with Crippen LogP contribution in [-0.4, -0.2) is 29.0 Å². The summed E-state index contributed by atoms with van der Waals surface area (Å²) in [4.78, 5) is 27.0. The van der Waals surface area contributed by atoms with Gasteiger partial charge in [-0.2, -0.15) is 0 Å². The monoisotopic (exact) mass is 448 g/mol. The molecule has 6 heteroatoms. The number of hydrogen-bond donors (Lipinski definition) is 1. The van der Waals surface area contributed by atoms with E-state index >= 15 is 0 Å². The number of carbonyl (C=O) groups is 2. The van der Waals surface area contributed by atoms with Gasteiger partial charge >= 0.3 is 0 Å². The molecule has 0 radical (unpaired) electrons. The van der Waals surface area contributed by atoms with Gasteiger partial charge in [0.15, 0.2) is 0 Å². The molecule has 0 saturated carbocycles. The molecular weight excluding hydrogens is 424 g/mol. The van der Waals surface area contributed by atoms with E-state index in [-0.39, 0.29) is 11.8 Å². The standard InChI is InChI=1S/C21H25BrN2O2S/c1-5-24(16(4)25)12-17-8-6-7-9-19(17)23-21(26)13-27-20-11-14(2)18(22)10-15(20)3/h6-11H,5,12-13H2,1-4H3,(H,23,26). The van der Waals surface area contributed by atoms with Crippen molar-refractivity contribution in [1.82, 2.24) is 4.90 Å². The second-order valence-corrected chi connectivity index (χ2v) is 8.27. The minimum absolute atomic E-state index is 0.0234. The first-order valence-corrected chi connectivity index (χ1v) is 10.6. The number of thioether (sulfide) groups is 1. The quantitative estimate of drug-likeness (QED) is 0.594. The summed E-state index contributed by atoms with van der Waals surface area (Å²) in [5.74, 6) is 0.300. The molecule has 0 unspecified atom stereocenters. The van der Waals surface area contributed by atoms with Crippen molar-refractivity contribution < 1.29 is 9.59 Å². The molecule has 2 rings (SSSR count). The van der Waals surface area contributed by atoms with Gasteiger partial charge in [0.05, 0.1) is 5.75 Å². The molecule has 27 heavy (non-hydrogen) atoms.